The molecule has 7 rings (SSSR count). The molecule has 2 bridgehead atoms. The molecule has 2 saturated carbocycles. The average Bonchev–Trinajstić information content (AvgIpc) is 3.49. The number of nitrogens with zero attached hydrogens (tertiary/aromatic N) is 2. The summed E-state index contributed by atoms with van der Waals surface area (Å²) in [6, 6.07) is 6.00. The number of nitrogens with one attached hydrogen (secondary N) is 1. The van der Waals surface area contributed by atoms with Crippen LogP contribution in [0.2, 0.25) is 0 Å². The van der Waals surface area contributed by atoms with Crippen molar-refractivity contribution in [3.63, 3.8) is 0 Å². The van der Waals surface area contributed by atoms with Gasteiger partial charge in [0.05, 0.1) is 28.8 Å². The number of aliphatic hydroxyl groups is 2. The summed E-state index contributed by atoms with van der Waals surface area (Å²) < 4.78 is 24.3. The van der Waals surface area contributed by atoms with Gasteiger partial charge in [-0.1, -0.05) is 19.1 Å². The summed E-state index contributed by atoms with van der Waals surface area (Å²) in [4.78, 5) is 9.45. The van der Waals surface area contributed by atoms with E-state index in [9.17, 15) is 10.2 Å². The highest BCUT2D eigenvalue weighted by atomic mass is 19.1. The Kier molecular flexibility index (Phi) is 4.56. The van der Waals surface area contributed by atoms with Crippen molar-refractivity contribution in [3.8, 4) is 0 Å². The van der Waals surface area contributed by atoms with Crippen molar-refractivity contribution in [2.75, 3.05) is 19.8 Å². The van der Waals surface area contributed by atoms with Crippen LogP contribution in [0.3, 0.4) is 0 Å². The lowest BCUT2D eigenvalue weighted by atomic mass is 9.51. The first kappa shape index (κ1) is 23.1. The van der Waals surface area contributed by atoms with Crippen molar-refractivity contribution < 1.29 is 19.3 Å². The Bertz CT molecular complexity index is 1280. The predicted octanol–water partition coefficient (Wildman–Crippen LogP) is 3.42. The first-order chi connectivity index (χ1) is 17.0. The Morgan fingerprint density at radius 2 is 1.94 bits per heavy atom. The lowest BCUT2D eigenvalue weighted by Crippen LogP contribution is -2.72. The second kappa shape index (κ2) is 7.10. The molecule has 9 atom stereocenters. The van der Waals surface area contributed by atoms with Gasteiger partial charge in [-0.2, -0.15) is 0 Å². The summed E-state index contributed by atoms with van der Waals surface area (Å²) in [7, 11) is 3.86. The molecule has 194 valence electrons. The molecular formula is C28H37FN4O3. The predicted molar refractivity (Wildman–Crippen MR) is 136 cm³/mol. The molecule has 2 aromatic rings. The van der Waals surface area contributed by atoms with Gasteiger partial charge in [0.2, 0.25) is 0 Å². The fourth-order valence-corrected chi connectivity index (χ4v) is 9.21. The van der Waals surface area contributed by atoms with Crippen molar-refractivity contribution in [1.82, 2.24) is 14.9 Å². The van der Waals surface area contributed by atoms with Gasteiger partial charge in [0.25, 0.3) is 0 Å². The number of alkyl halides is 1. The number of likely N-dealkylation sites (N-methyl/N-ethyl adjacent to an activating group) is 1. The number of halogens is 1. The summed E-state index contributed by atoms with van der Waals surface area (Å²) in [6.07, 6.45) is 4.65. The number of nitrogen functional groups attached to an aromatic ring is 1. The van der Waals surface area contributed by atoms with E-state index in [0.29, 0.717) is 25.2 Å². The number of H-pyrrole nitrogens is 1. The highest BCUT2D eigenvalue weighted by molar-refractivity contribution is 5.84. The molecule has 2 aliphatic heterocycles. The van der Waals surface area contributed by atoms with Crippen LogP contribution in [0, 0.1) is 17.3 Å². The monoisotopic (exact) mass is 496 g/mol. The van der Waals surface area contributed by atoms with Crippen LogP contribution in [0.4, 0.5) is 10.3 Å². The molecule has 1 aromatic carbocycles. The van der Waals surface area contributed by atoms with Crippen LogP contribution in [0.5, 0.6) is 0 Å². The van der Waals surface area contributed by atoms with Crippen LogP contribution in [0.25, 0.3) is 16.6 Å². The summed E-state index contributed by atoms with van der Waals surface area (Å²) >= 11 is 0. The number of ether oxygens (including phenoxy) is 1. The van der Waals surface area contributed by atoms with Gasteiger partial charge in [0, 0.05) is 17.9 Å². The Hall–Kier alpha value is -2.00. The smallest absolute Gasteiger partial charge is 0.198 e. The van der Waals surface area contributed by atoms with E-state index < -0.39 is 29.1 Å². The van der Waals surface area contributed by atoms with E-state index in [-0.39, 0.29) is 29.7 Å². The zero-order valence-electron chi connectivity index (χ0n) is 21.3. The Morgan fingerprint density at radius 1 is 1.14 bits per heavy atom. The third kappa shape index (κ3) is 2.69. The van der Waals surface area contributed by atoms with Gasteiger partial charge < -0.3 is 30.6 Å². The number of aromatic amines is 1. The van der Waals surface area contributed by atoms with Crippen LogP contribution in [0.15, 0.2) is 24.3 Å². The van der Waals surface area contributed by atoms with Crippen LogP contribution in [-0.4, -0.2) is 74.3 Å². The van der Waals surface area contributed by atoms with Crippen LogP contribution < -0.4 is 5.73 Å². The number of rotatable bonds is 2. The minimum absolute atomic E-state index is 0.0309. The van der Waals surface area contributed by atoms with Crippen molar-refractivity contribution in [2.45, 2.75) is 87.0 Å². The van der Waals surface area contributed by atoms with Crippen molar-refractivity contribution in [3.05, 3.63) is 29.8 Å². The summed E-state index contributed by atoms with van der Waals surface area (Å²) in [5.74, 6) is 0.0572. The van der Waals surface area contributed by atoms with Gasteiger partial charge in [-0.25, -0.2) is 9.37 Å². The van der Waals surface area contributed by atoms with Gasteiger partial charge >= 0.3 is 0 Å². The van der Waals surface area contributed by atoms with E-state index in [2.05, 4.69) is 35.1 Å². The maximum atomic E-state index is 17.2. The SMILES string of the molecule is CN(C)C1CC23CCC4(O2)C2CC=C(c5ccc6nc(N)[nH]c6c5)C2(C)CCC4(F)CC3C(O)C1O. The molecule has 7 nitrogen and oxygen atoms in total. The Labute approximate surface area is 210 Å². The van der Waals surface area contributed by atoms with Crippen molar-refractivity contribution in [2.24, 2.45) is 17.3 Å². The lowest BCUT2D eigenvalue weighted by molar-refractivity contribution is -0.314. The zero-order chi connectivity index (χ0) is 25.3. The molecule has 1 aromatic heterocycles. The fraction of sp³-hybridized carbons (Fsp3) is 0.679. The van der Waals surface area contributed by atoms with Gasteiger partial charge in [0.15, 0.2) is 5.95 Å². The first-order valence-electron chi connectivity index (χ1n) is 13.4. The van der Waals surface area contributed by atoms with Crippen LogP contribution >= 0.6 is 0 Å². The third-order valence-corrected chi connectivity index (χ3v) is 11.0. The van der Waals surface area contributed by atoms with E-state index in [1.165, 1.54) is 5.57 Å². The third-order valence-electron chi connectivity index (χ3n) is 11.0. The molecule has 2 spiro atoms. The van der Waals surface area contributed by atoms with Gasteiger partial charge in [0.1, 0.15) is 11.3 Å². The summed E-state index contributed by atoms with van der Waals surface area (Å²) in [5.41, 5.74) is 6.86. The number of anilines is 1. The summed E-state index contributed by atoms with van der Waals surface area (Å²) in [5, 5.41) is 22.1. The molecule has 36 heavy (non-hydrogen) atoms. The normalized spacial score (nSPS) is 47.5. The molecule has 5 aliphatic rings. The molecule has 3 heterocycles. The van der Waals surface area contributed by atoms with Crippen molar-refractivity contribution >= 4 is 22.6 Å². The van der Waals surface area contributed by atoms with E-state index in [4.69, 9.17) is 10.5 Å². The largest absolute Gasteiger partial charge is 0.390 e. The molecule has 3 aliphatic carbocycles. The molecule has 0 radical (unpaired) electrons. The topological polar surface area (TPSA) is 108 Å². The molecule has 2 saturated heterocycles. The molecular weight excluding hydrogens is 459 g/mol. The second-order valence-electron chi connectivity index (χ2n) is 12.7. The Balaban J connectivity index is 1.27. The quantitative estimate of drug-likeness (QED) is 0.508. The van der Waals surface area contributed by atoms with Gasteiger partial charge in [-0.3, -0.25) is 0 Å². The highest BCUT2D eigenvalue weighted by Gasteiger charge is 2.77. The minimum atomic E-state index is -1.50. The standard InChI is InChI=1S/C28H37FN4O3/c1-25-8-10-27(29)13-17-22(34)23(35)20(33(2)3)14-26(17)9-11-28(27,36-26)21(25)7-5-16(25)15-4-6-18-19(12-15)32-24(30)31-18/h4-6,12,17,20-23,34-35H,7-11,13-14H2,1-3H3,(H3,30,31,32). The maximum absolute atomic E-state index is 17.2. The molecule has 4 fully saturated rings. The van der Waals surface area contributed by atoms with Crippen molar-refractivity contribution in [1.29, 1.82) is 0 Å². The number of imidazole rings is 1. The molecule has 9 unspecified atom stereocenters. The zero-order valence-corrected chi connectivity index (χ0v) is 21.3. The van der Waals surface area contributed by atoms with E-state index in [0.717, 1.165) is 35.9 Å². The number of allylic oxidation sites excluding steroid dienone is 2. The Morgan fingerprint density at radius 3 is 2.72 bits per heavy atom. The first-order valence-corrected chi connectivity index (χ1v) is 13.4. The van der Waals surface area contributed by atoms with E-state index in [1.807, 2.05) is 25.1 Å². The van der Waals surface area contributed by atoms with E-state index >= 15 is 4.39 Å². The number of nitrogens with two attached hydrogens (primary N) is 1. The lowest BCUT2D eigenvalue weighted by Gasteiger charge is -2.64. The number of benzene rings is 1. The van der Waals surface area contributed by atoms with Crippen LogP contribution in [-0.2, 0) is 4.74 Å². The van der Waals surface area contributed by atoms with Gasteiger partial charge in [-0.05, 0) is 87.7 Å². The summed E-state index contributed by atoms with van der Waals surface area (Å²) in [6.45, 7) is 2.29. The number of aromatic nitrogens is 2. The number of hydrogen-bond acceptors (Lipinski definition) is 6. The highest BCUT2D eigenvalue weighted by Crippen LogP contribution is 2.72. The minimum Gasteiger partial charge on any atom is -0.390 e. The van der Waals surface area contributed by atoms with E-state index in [1.54, 1.807) is 0 Å². The van der Waals surface area contributed by atoms with Crippen LogP contribution in [0.1, 0.15) is 57.4 Å². The number of aliphatic hydroxyl groups excluding tert-OH is 2. The number of hydrogen-bond donors (Lipinski definition) is 4. The molecule has 0 amide bonds. The second-order valence-corrected chi connectivity index (χ2v) is 12.7. The number of fused-ring (bicyclic) bond motifs is 2. The molecule has 8 heteroatoms. The fourth-order valence-electron chi connectivity index (χ4n) is 9.21. The molecule has 5 N–H and O–H groups in total. The average molecular weight is 497 g/mol. The maximum Gasteiger partial charge on any atom is 0.198 e. The van der Waals surface area contributed by atoms with Gasteiger partial charge in [-0.15, -0.1) is 0 Å².